The van der Waals surface area contributed by atoms with Gasteiger partial charge in [0.1, 0.15) is 11.5 Å². The van der Waals surface area contributed by atoms with Gasteiger partial charge in [-0.15, -0.1) is 0 Å². The molecule has 1 spiro atoms. The Morgan fingerprint density at radius 3 is 1.60 bits per heavy atom. The van der Waals surface area contributed by atoms with E-state index in [4.69, 9.17) is 4.74 Å². The van der Waals surface area contributed by atoms with E-state index in [0.717, 1.165) is 33.9 Å². The van der Waals surface area contributed by atoms with E-state index < -0.39 is 5.41 Å². The van der Waals surface area contributed by atoms with Crippen molar-refractivity contribution in [2.24, 2.45) is 0 Å². The van der Waals surface area contributed by atoms with Crippen molar-refractivity contribution in [3.63, 3.8) is 0 Å². The summed E-state index contributed by atoms with van der Waals surface area (Å²) in [6.45, 7) is 4.71. The van der Waals surface area contributed by atoms with Gasteiger partial charge < -0.3 is 9.64 Å². The van der Waals surface area contributed by atoms with Gasteiger partial charge >= 0.3 is 0 Å². The normalized spacial score (nSPS) is 14.4. The van der Waals surface area contributed by atoms with Gasteiger partial charge in [-0.25, -0.2) is 0 Å². The van der Waals surface area contributed by atoms with Gasteiger partial charge in [-0.2, -0.15) is 0 Å². The molecule has 0 fully saturated rings. The van der Waals surface area contributed by atoms with Crippen LogP contribution in [-0.2, 0) is 10.8 Å². The number of fused-ring (bicyclic) bond motifs is 13. The third kappa shape index (κ3) is 4.54. The van der Waals surface area contributed by atoms with Crippen molar-refractivity contribution in [2.75, 3.05) is 4.90 Å². The molecule has 9 aromatic carbocycles. The lowest BCUT2D eigenvalue weighted by Crippen LogP contribution is -2.32. The van der Waals surface area contributed by atoms with Crippen LogP contribution >= 0.6 is 0 Å². The van der Waals surface area contributed by atoms with Crippen LogP contribution in [0, 0.1) is 0 Å². The SMILES string of the molecule is CC1(C)c2ccccc2-c2ccc(N(c3ccc(-c4ccccc4)cc3)c3ccc4cc5c(cc4c3)Oc3ccccc3C53c4ccccc4-c4ccccc43)cc21. The molecule has 0 amide bonds. The summed E-state index contributed by atoms with van der Waals surface area (Å²) in [7, 11) is 0. The fourth-order valence-corrected chi connectivity index (χ4v) is 10.4. The van der Waals surface area contributed by atoms with Crippen molar-refractivity contribution in [3.8, 4) is 44.9 Å². The first-order chi connectivity index (χ1) is 28.5. The summed E-state index contributed by atoms with van der Waals surface area (Å²) >= 11 is 0. The Labute approximate surface area is 339 Å². The smallest absolute Gasteiger partial charge is 0.132 e. The minimum atomic E-state index is -0.494. The number of para-hydroxylation sites is 1. The number of anilines is 3. The quantitative estimate of drug-likeness (QED) is 0.178. The highest BCUT2D eigenvalue weighted by molar-refractivity contribution is 5.95. The number of nitrogens with zero attached hydrogens (tertiary/aromatic N) is 1. The predicted octanol–water partition coefficient (Wildman–Crippen LogP) is 14.8. The lowest BCUT2D eigenvalue weighted by Gasteiger charge is -2.39. The van der Waals surface area contributed by atoms with Crippen LogP contribution in [0.25, 0.3) is 44.2 Å². The van der Waals surface area contributed by atoms with E-state index in [0.29, 0.717) is 0 Å². The first-order valence-corrected chi connectivity index (χ1v) is 20.3. The number of ether oxygens (including phenoxy) is 1. The summed E-state index contributed by atoms with van der Waals surface area (Å²) < 4.78 is 6.92. The molecular weight excluding hydrogens is 703 g/mol. The van der Waals surface area contributed by atoms with Crippen LogP contribution in [0.1, 0.15) is 47.2 Å². The van der Waals surface area contributed by atoms with Gasteiger partial charge in [-0.1, -0.05) is 159 Å². The zero-order valence-corrected chi connectivity index (χ0v) is 32.4. The van der Waals surface area contributed by atoms with E-state index in [1.54, 1.807) is 0 Å². The molecule has 2 aliphatic carbocycles. The Balaban J connectivity index is 1.05. The maximum absolute atomic E-state index is 6.92. The molecule has 2 heteroatoms. The summed E-state index contributed by atoms with van der Waals surface area (Å²) in [6, 6.07) is 73.5. The first-order valence-electron chi connectivity index (χ1n) is 20.3. The molecule has 0 saturated heterocycles. The number of rotatable bonds is 4. The summed E-state index contributed by atoms with van der Waals surface area (Å²) in [5, 5.41) is 2.31. The van der Waals surface area contributed by atoms with Crippen molar-refractivity contribution < 1.29 is 4.74 Å². The van der Waals surface area contributed by atoms with E-state index in [1.807, 2.05) is 0 Å². The average molecular weight is 742 g/mol. The summed E-state index contributed by atoms with van der Waals surface area (Å²) in [6.07, 6.45) is 0. The zero-order chi connectivity index (χ0) is 38.6. The molecule has 0 aromatic heterocycles. The fraction of sp³-hybridized carbons (Fsp3) is 0.0714. The highest BCUT2D eigenvalue weighted by Gasteiger charge is 2.51. The molecular formula is C56H39NO. The van der Waals surface area contributed by atoms with Gasteiger partial charge in [0.25, 0.3) is 0 Å². The second-order valence-electron chi connectivity index (χ2n) is 16.5. The van der Waals surface area contributed by atoms with Crippen LogP contribution in [0.3, 0.4) is 0 Å². The van der Waals surface area contributed by atoms with E-state index >= 15 is 0 Å². The monoisotopic (exact) mass is 741 g/mol. The Hall–Kier alpha value is -7.16. The van der Waals surface area contributed by atoms with Crippen molar-refractivity contribution in [1.29, 1.82) is 0 Å². The molecule has 3 aliphatic rings. The Morgan fingerprint density at radius 2 is 0.879 bits per heavy atom. The summed E-state index contributed by atoms with van der Waals surface area (Å²) in [5.41, 5.74) is 18.0. The number of hydrogen-bond acceptors (Lipinski definition) is 2. The third-order valence-corrected chi connectivity index (χ3v) is 13.1. The molecule has 9 aromatic rings. The van der Waals surface area contributed by atoms with Gasteiger partial charge in [0.2, 0.25) is 0 Å². The Morgan fingerprint density at radius 1 is 0.345 bits per heavy atom. The Bertz CT molecular complexity index is 3080. The second kappa shape index (κ2) is 12.2. The first kappa shape index (κ1) is 33.0. The van der Waals surface area contributed by atoms with Crippen LogP contribution < -0.4 is 9.64 Å². The second-order valence-corrected chi connectivity index (χ2v) is 16.5. The van der Waals surface area contributed by atoms with Crippen LogP contribution in [-0.4, -0.2) is 0 Å². The van der Waals surface area contributed by atoms with Crippen molar-refractivity contribution in [3.05, 3.63) is 234 Å². The molecule has 0 unspecified atom stereocenters. The molecule has 0 radical (unpaired) electrons. The standard InChI is InChI=1S/C56H39NO/c1-55(2)47-19-9-6-16-43(47)46-31-30-42(35-51(46)55)57(40-27-24-37(25-28-40)36-14-4-3-5-15-36)41-29-26-38-33-52-54(34-39(38)32-41)58-53-23-13-12-22-50(53)56(52)48-20-10-7-17-44(48)45-18-8-11-21-49(45)56/h3-35H,1-2H3. The Kier molecular flexibility index (Phi) is 6.93. The largest absolute Gasteiger partial charge is 0.457 e. The predicted molar refractivity (Wildman–Crippen MR) is 239 cm³/mol. The molecule has 0 bridgehead atoms. The van der Waals surface area contributed by atoms with Crippen molar-refractivity contribution >= 4 is 27.8 Å². The van der Waals surface area contributed by atoms with Gasteiger partial charge in [0, 0.05) is 33.6 Å². The van der Waals surface area contributed by atoms with Gasteiger partial charge in [0.15, 0.2) is 0 Å². The van der Waals surface area contributed by atoms with Crippen LogP contribution in [0.2, 0.25) is 0 Å². The lowest BCUT2D eigenvalue weighted by atomic mass is 9.66. The van der Waals surface area contributed by atoms with Gasteiger partial charge in [0.05, 0.1) is 5.41 Å². The minimum Gasteiger partial charge on any atom is -0.457 e. The minimum absolute atomic E-state index is 0.117. The van der Waals surface area contributed by atoms with E-state index in [1.165, 1.54) is 72.1 Å². The van der Waals surface area contributed by atoms with Crippen molar-refractivity contribution in [2.45, 2.75) is 24.7 Å². The van der Waals surface area contributed by atoms with Gasteiger partial charge in [-0.05, 0) is 121 Å². The number of hydrogen-bond donors (Lipinski definition) is 0. The molecule has 274 valence electrons. The van der Waals surface area contributed by atoms with E-state index in [2.05, 4.69) is 219 Å². The molecule has 0 atom stereocenters. The maximum Gasteiger partial charge on any atom is 0.132 e. The molecule has 0 N–H and O–H groups in total. The van der Waals surface area contributed by atoms with Gasteiger partial charge in [-0.3, -0.25) is 0 Å². The molecule has 1 heterocycles. The zero-order valence-electron chi connectivity index (χ0n) is 32.4. The average Bonchev–Trinajstić information content (AvgIpc) is 3.69. The molecule has 12 rings (SSSR count). The van der Waals surface area contributed by atoms with Crippen LogP contribution in [0.4, 0.5) is 17.1 Å². The maximum atomic E-state index is 6.92. The third-order valence-electron chi connectivity index (χ3n) is 13.1. The topological polar surface area (TPSA) is 12.5 Å². The lowest BCUT2D eigenvalue weighted by molar-refractivity contribution is 0.437. The van der Waals surface area contributed by atoms with E-state index in [9.17, 15) is 0 Å². The highest BCUT2D eigenvalue weighted by atomic mass is 16.5. The summed E-state index contributed by atoms with van der Waals surface area (Å²) in [5.74, 6) is 1.80. The molecule has 0 saturated carbocycles. The highest BCUT2D eigenvalue weighted by Crippen LogP contribution is 2.62. The fourth-order valence-electron chi connectivity index (χ4n) is 10.4. The van der Waals surface area contributed by atoms with E-state index in [-0.39, 0.29) is 5.41 Å². The molecule has 58 heavy (non-hydrogen) atoms. The molecule has 1 aliphatic heterocycles. The van der Waals surface area contributed by atoms with Crippen molar-refractivity contribution in [1.82, 2.24) is 0 Å². The number of benzene rings is 9. The van der Waals surface area contributed by atoms with Crippen LogP contribution in [0.5, 0.6) is 11.5 Å². The van der Waals surface area contributed by atoms with Crippen LogP contribution in [0.15, 0.2) is 200 Å². The molecule has 2 nitrogen and oxygen atoms in total. The summed E-state index contributed by atoms with van der Waals surface area (Å²) in [4.78, 5) is 2.41.